The maximum atomic E-state index is 12.8. The van der Waals surface area contributed by atoms with Gasteiger partial charge < -0.3 is 4.74 Å². The summed E-state index contributed by atoms with van der Waals surface area (Å²) in [6.45, 7) is -0.181. The maximum absolute atomic E-state index is 12.8. The van der Waals surface area contributed by atoms with E-state index in [9.17, 15) is 14.0 Å². The van der Waals surface area contributed by atoms with Crippen molar-refractivity contribution in [1.29, 1.82) is 0 Å². The molecule has 0 saturated heterocycles. The minimum Gasteiger partial charge on any atom is -0.459 e. The minimum atomic E-state index is -0.548. The zero-order chi connectivity index (χ0) is 16.2. The molecular weight excluding hydrogens is 299 g/mol. The summed E-state index contributed by atoms with van der Waals surface area (Å²) in [7, 11) is 0. The molecule has 0 unspecified atom stereocenters. The van der Waals surface area contributed by atoms with Crippen molar-refractivity contribution in [3.8, 4) is 0 Å². The Labute approximate surface area is 131 Å². The van der Waals surface area contributed by atoms with E-state index < -0.39 is 5.97 Å². The SMILES string of the molecule is O=C(Cn1c(=O)cnc2ccccc21)OCc1ccc(F)cc1. The van der Waals surface area contributed by atoms with Crippen LogP contribution < -0.4 is 5.56 Å². The van der Waals surface area contributed by atoms with E-state index in [1.54, 1.807) is 24.3 Å². The van der Waals surface area contributed by atoms with E-state index in [1.165, 1.54) is 35.0 Å². The van der Waals surface area contributed by atoms with Gasteiger partial charge in [-0.05, 0) is 29.8 Å². The van der Waals surface area contributed by atoms with Crippen LogP contribution in [0.4, 0.5) is 4.39 Å². The average Bonchev–Trinajstić information content (AvgIpc) is 2.57. The van der Waals surface area contributed by atoms with Gasteiger partial charge in [0.1, 0.15) is 19.0 Å². The van der Waals surface area contributed by atoms with E-state index in [-0.39, 0.29) is 24.5 Å². The molecule has 5 nitrogen and oxygen atoms in total. The first kappa shape index (κ1) is 14.9. The fraction of sp³-hybridized carbons (Fsp3) is 0.118. The van der Waals surface area contributed by atoms with Crippen LogP contribution in [0.15, 0.2) is 59.5 Å². The number of halogens is 1. The largest absolute Gasteiger partial charge is 0.459 e. The third-order valence-electron chi connectivity index (χ3n) is 3.35. The van der Waals surface area contributed by atoms with Gasteiger partial charge in [0.25, 0.3) is 5.56 Å². The molecule has 116 valence electrons. The second-order valence-electron chi connectivity index (χ2n) is 4.96. The molecule has 0 fully saturated rings. The maximum Gasteiger partial charge on any atom is 0.326 e. The van der Waals surface area contributed by atoms with Crippen molar-refractivity contribution in [2.45, 2.75) is 13.2 Å². The second kappa shape index (κ2) is 6.39. The molecule has 1 aromatic heterocycles. The molecule has 0 aliphatic carbocycles. The number of fused-ring (bicyclic) bond motifs is 1. The van der Waals surface area contributed by atoms with E-state index in [1.807, 2.05) is 0 Å². The van der Waals surface area contributed by atoms with Crippen LogP contribution >= 0.6 is 0 Å². The molecule has 23 heavy (non-hydrogen) atoms. The number of carbonyl (C=O) groups excluding carboxylic acids is 1. The van der Waals surface area contributed by atoms with Crippen LogP contribution in [-0.4, -0.2) is 15.5 Å². The molecule has 0 bridgehead atoms. The molecule has 0 radical (unpaired) electrons. The highest BCUT2D eigenvalue weighted by Gasteiger charge is 2.10. The summed E-state index contributed by atoms with van der Waals surface area (Å²) >= 11 is 0. The van der Waals surface area contributed by atoms with Crippen LogP contribution in [0.2, 0.25) is 0 Å². The lowest BCUT2D eigenvalue weighted by Crippen LogP contribution is -2.25. The summed E-state index contributed by atoms with van der Waals surface area (Å²) in [6, 6.07) is 12.7. The molecule has 6 heteroatoms. The topological polar surface area (TPSA) is 61.2 Å². The summed E-state index contributed by atoms with van der Waals surface area (Å²) in [6.07, 6.45) is 1.18. The number of para-hydroxylation sites is 2. The van der Waals surface area contributed by atoms with Gasteiger partial charge in [0.15, 0.2) is 0 Å². The highest BCUT2D eigenvalue weighted by atomic mass is 19.1. The Morgan fingerprint density at radius 3 is 2.65 bits per heavy atom. The first-order valence-corrected chi connectivity index (χ1v) is 6.98. The molecule has 0 aliphatic heterocycles. The number of ether oxygens (including phenoxy) is 1. The zero-order valence-electron chi connectivity index (χ0n) is 12.1. The lowest BCUT2D eigenvalue weighted by molar-refractivity contribution is -0.145. The van der Waals surface area contributed by atoms with E-state index in [0.717, 1.165) is 0 Å². The minimum absolute atomic E-state index is 0.0247. The van der Waals surface area contributed by atoms with Crippen LogP contribution in [0, 0.1) is 5.82 Å². The normalized spacial score (nSPS) is 10.7. The summed E-state index contributed by atoms with van der Waals surface area (Å²) < 4.78 is 19.3. The van der Waals surface area contributed by atoms with Crippen molar-refractivity contribution in [2.24, 2.45) is 0 Å². The van der Waals surface area contributed by atoms with Crippen molar-refractivity contribution in [3.63, 3.8) is 0 Å². The van der Waals surface area contributed by atoms with Crippen LogP contribution in [0.25, 0.3) is 11.0 Å². The predicted molar refractivity (Wildman–Crippen MR) is 82.2 cm³/mol. The van der Waals surface area contributed by atoms with E-state index >= 15 is 0 Å². The van der Waals surface area contributed by atoms with Crippen LogP contribution in [0.3, 0.4) is 0 Å². The molecule has 2 aromatic carbocycles. The number of benzene rings is 2. The van der Waals surface area contributed by atoms with Gasteiger partial charge in [-0.25, -0.2) is 9.37 Å². The van der Waals surface area contributed by atoms with Gasteiger partial charge >= 0.3 is 5.97 Å². The fourth-order valence-corrected chi connectivity index (χ4v) is 2.20. The van der Waals surface area contributed by atoms with Crippen LogP contribution in [0.5, 0.6) is 0 Å². The molecule has 1 heterocycles. The molecule has 0 amide bonds. The predicted octanol–water partition coefficient (Wildman–Crippen LogP) is 2.28. The van der Waals surface area contributed by atoms with E-state index in [2.05, 4.69) is 4.98 Å². The summed E-state index contributed by atoms with van der Waals surface area (Å²) in [5.74, 6) is -0.900. The Morgan fingerprint density at radius 2 is 1.87 bits per heavy atom. The lowest BCUT2D eigenvalue weighted by atomic mass is 10.2. The molecule has 0 atom stereocenters. The molecule has 3 aromatic rings. The Hall–Kier alpha value is -3.02. The summed E-state index contributed by atoms with van der Waals surface area (Å²) in [5, 5.41) is 0. The third-order valence-corrected chi connectivity index (χ3v) is 3.35. The van der Waals surface area contributed by atoms with Crippen molar-refractivity contribution >= 4 is 17.0 Å². The van der Waals surface area contributed by atoms with Gasteiger partial charge in [0.05, 0.1) is 17.2 Å². The number of hydrogen-bond donors (Lipinski definition) is 0. The summed E-state index contributed by atoms with van der Waals surface area (Å²) in [5.41, 5.74) is 1.49. The number of aromatic nitrogens is 2. The van der Waals surface area contributed by atoms with Gasteiger partial charge in [0, 0.05) is 0 Å². The van der Waals surface area contributed by atoms with Gasteiger partial charge in [-0.15, -0.1) is 0 Å². The van der Waals surface area contributed by atoms with Gasteiger partial charge in [-0.2, -0.15) is 0 Å². The number of esters is 1. The van der Waals surface area contributed by atoms with E-state index in [0.29, 0.717) is 16.6 Å². The second-order valence-corrected chi connectivity index (χ2v) is 4.96. The zero-order valence-corrected chi connectivity index (χ0v) is 12.1. The smallest absolute Gasteiger partial charge is 0.326 e. The fourth-order valence-electron chi connectivity index (χ4n) is 2.20. The Kier molecular flexibility index (Phi) is 4.14. The molecular formula is C17H13FN2O3. The lowest BCUT2D eigenvalue weighted by Gasteiger charge is -2.09. The Bertz CT molecular complexity index is 904. The first-order valence-electron chi connectivity index (χ1n) is 6.98. The number of carbonyl (C=O) groups is 1. The van der Waals surface area contributed by atoms with Crippen molar-refractivity contribution in [2.75, 3.05) is 0 Å². The number of nitrogens with zero attached hydrogens (tertiary/aromatic N) is 2. The number of rotatable bonds is 4. The molecule has 0 saturated carbocycles. The van der Waals surface area contributed by atoms with Crippen LogP contribution in [0.1, 0.15) is 5.56 Å². The molecule has 0 N–H and O–H groups in total. The Balaban J connectivity index is 1.74. The standard InChI is InChI=1S/C17H13FN2O3/c18-13-7-5-12(6-8-13)11-23-17(22)10-20-15-4-2-1-3-14(15)19-9-16(20)21/h1-9H,10-11H2. The highest BCUT2D eigenvalue weighted by molar-refractivity contribution is 5.77. The first-order chi connectivity index (χ1) is 11.1. The average molecular weight is 312 g/mol. The van der Waals surface area contributed by atoms with Crippen molar-refractivity contribution in [1.82, 2.24) is 9.55 Å². The number of hydrogen-bond acceptors (Lipinski definition) is 4. The van der Waals surface area contributed by atoms with Crippen molar-refractivity contribution in [3.05, 3.63) is 76.5 Å². The van der Waals surface area contributed by atoms with E-state index in [4.69, 9.17) is 4.74 Å². The molecule has 0 spiro atoms. The summed E-state index contributed by atoms with van der Waals surface area (Å²) in [4.78, 5) is 27.9. The van der Waals surface area contributed by atoms with Crippen molar-refractivity contribution < 1.29 is 13.9 Å². The van der Waals surface area contributed by atoms with Gasteiger partial charge in [-0.3, -0.25) is 14.2 Å². The van der Waals surface area contributed by atoms with Gasteiger partial charge in [-0.1, -0.05) is 24.3 Å². The molecule has 0 aliphatic rings. The third kappa shape index (κ3) is 3.42. The van der Waals surface area contributed by atoms with Crippen LogP contribution in [-0.2, 0) is 22.7 Å². The monoisotopic (exact) mass is 312 g/mol. The highest BCUT2D eigenvalue weighted by Crippen LogP contribution is 2.09. The molecule has 3 rings (SSSR count). The van der Waals surface area contributed by atoms with Gasteiger partial charge in [0.2, 0.25) is 0 Å². The Morgan fingerprint density at radius 1 is 1.13 bits per heavy atom. The quantitative estimate of drug-likeness (QED) is 0.693.